The van der Waals surface area contributed by atoms with Gasteiger partial charge in [-0.15, -0.1) is 11.3 Å². The van der Waals surface area contributed by atoms with E-state index in [4.69, 9.17) is 9.47 Å². The van der Waals surface area contributed by atoms with Crippen molar-refractivity contribution in [2.45, 2.75) is 84.9 Å². The van der Waals surface area contributed by atoms with E-state index in [0.29, 0.717) is 17.9 Å². The molecule has 15 heteroatoms. The van der Waals surface area contributed by atoms with Crippen LogP contribution in [0, 0.1) is 6.92 Å². The highest BCUT2D eigenvalue weighted by Gasteiger charge is 2.36. The third-order valence-electron chi connectivity index (χ3n) is 6.22. The molecule has 0 aromatic carbocycles. The van der Waals surface area contributed by atoms with Crippen molar-refractivity contribution < 1.29 is 37.3 Å². The molecule has 0 bridgehead atoms. The van der Waals surface area contributed by atoms with Gasteiger partial charge in [0.2, 0.25) is 0 Å². The number of aryl methyl sites for hydroxylation is 1. The van der Waals surface area contributed by atoms with Gasteiger partial charge in [0, 0.05) is 17.6 Å². The molecule has 1 aliphatic heterocycles. The molecule has 222 valence electrons. The van der Waals surface area contributed by atoms with Crippen LogP contribution in [0.5, 0.6) is 0 Å². The molecule has 1 N–H and O–H groups in total. The summed E-state index contributed by atoms with van der Waals surface area (Å²) in [6.45, 7) is 6.51. The number of carbonyl (C=O) groups excluding carboxylic acids is 1. The number of rotatable bonds is 8. The Kier molecular flexibility index (Phi) is 9.39. The number of nitrogens with zero attached hydrogens (tertiary/aromatic N) is 4. The molecule has 2 aromatic rings. The Morgan fingerprint density at radius 1 is 1.23 bits per heavy atom. The first-order chi connectivity index (χ1) is 18.6. The fourth-order valence-corrected chi connectivity index (χ4v) is 5.77. The number of amides is 2. The molecule has 11 nitrogen and oxygen atoms in total. The molecular weight excluding hydrogens is 557 g/mol. The molecule has 1 fully saturated rings. The fourth-order valence-electron chi connectivity index (χ4n) is 4.49. The van der Waals surface area contributed by atoms with E-state index >= 15 is 0 Å². The van der Waals surface area contributed by atoms with Crippen LogP contribution in [-0.4, -0.2) is 67.3 Å². The van der Waals surface area contributed by atoms with Gasteiger partial charge in [0.25, 0.3) is 11.5 Å². The predicted molar refractivity (Wildman–Crippen MR) is 141 cm³/mol. The maximum absolute atomic E-state index is 13.4. The van der Waals surface area contributed by atoms with Crippen LogP contribution in [-0.2, 0) is 33.9 Å². The summed E-state index contributed by atoms with van der Waals surface area (Å²) < 4.78 is 52.0. The van der Waals surface area contributed by atoms with Crippen molar-refractivity contribution in [3.8, 4) is 0 Å². The summed E-state index contributed by atoms with van der Waals surface area (Å²) in [5.74, 6) is -0.742. The molecule has 0 aliphatic carbocycles. The summed E-state index contributed by atoms with van der Waals surface area (Å²) in [4.78, 5) is 52.3. The molecule has 0 radical (unpaired) electrons. The van der Waals surface area contributed by atoms with Gasteiger partial charge in [0.05, 0.1) is 43.0 Å². The van der Waals surface area contributed by atoms with Crippen molar-refractivity contribution in [2.75, 3.05) is 13.2 Å². The molecule has 40 heavy (non-hydrogen) atoms. The van der Waals surface area contributed by atoms with Crippen LogP contribution in [0.1, 0.15) is 51.0 Å². The molecule has 0 saturated carbocycles. The first-order valence-corrected chi connectivity index (χ1v) is 13.4. The molecule has 1 unspecified atom stereocenters. The van der Waals surface area contributed by atoms with Gasteiger partial charge in [-0.3, -0.25) is 18.7 Å². The molecule has 3 heterocycles. The van der Waals surface area contributed by atoms with Gasteiger partial charge in [0.15, 0.2) is 0 Å². The smallest absolute Gasteiger partial charge is 0.426 e. The highest BCUT2D eigenvalue weighted by molar-refractivity contribution is 7.18. The Balaban J connectivity index is 2.23. The van der Waals surface area contributed by atoms with E-state index in [1.54, 1.807) is 27.7 Å². The van der Waals surface area contributed by atoms with Gasteiger partial charge in [-0.05, 0) is 53.0 Å². The van der Waals surface area contributed by atoms with Crippen molar-refractivity contribution in [3.05, 3.63) is 43.6 Å². The number of hydrogen-bond donors (Lipinski definition) is 1. The number of alkyl halides is 3. The molecule has 3 rings (SSSR count). The van der Waals surface area contributed by atoms with E-state index in [2.05, 4.69) is 0 Å². The van der Waals surface area contributed by atoms with Crippen LogP contribution in [0.15, 0.2) is 21.9 Å². The Hall–Kier alpha value is -3.33. The van der Waals surface area contributed by atoms with E-state index in [-0.39, 0.29) is 40.0 Å². The number of aromatic nitrogens is 2. The maximum Gasteiger partial charge on any atom is 0.426 e. The Morgan fingerprint density at radius 2 is 1.90 bits per heavy atom. The second-order valence-corrected chi connectivity index (χ2v) is 11.4. The molecule has 1 atom stereocenters. The van der Waals surface area contributed by atoms with E-state index in [1.165, 1.54) is 6.92 Å². The highest BCUT2D eigenvalue weighted by Crippen LogP contribution is 2.32. The average Bonchev–Trinajstić information content (AvgIpc) is 3.45. The number of ether oxygens (including phenoxy) is 2. The summed E-state index contributed by atoms with van der Waals surface area (Å²) in [5, 5.41) is 11.7. The standard InChI is InChI=1S/C25H33F3N4O7S/c1-6-38-11-9-18(33)31(32(23(36)37)24(3,4)5)13-17-15(2)19-20(34)30(14-25(26,27)28)22(35)29(21(19)40-17)12-16-8-7-10-39-16/h9,11,16H,6-8,10,12-14H2,1-5H3,(H,36,37). The third-order valence-corrected chi connectivity index (χ3v) is 7.52. The molecule has 1 saturated heterocycles. The minimum atomic E-state index is -4.82. The van der Waals surface area contributed by atoms with Crippen molar-refractivity contribution in [2.24, 2.45) is 0 Å². The summed E-state index contributed by atoms with van der Waals surface area (Å²) in [6.07, 6.45) is -3.17. The lowest BCUT2D eigenvalue weighted by Gasteiger charge is -2.40. The minimum absolute atomic E-state index is 0.0597. The zero-order valence-electron chi connectivity index (χ0n) is 22.9. The topological polar surface area (TPSA) is 123 Å². The number of thiophene rings is 1. The average molecular weight is 591 g/mol. The molecule has 2 aromatic heterocycles. The Bertz CT molecular complexity index is 1400. The normalized spacial score (nSPS) is 16.1. The van der Waals surface area contributed by atoms with E-state index in [9.17, 15) is 37.5 Å². The second-order valence-electron chi connectivity index (χ2n) is 10.3. The number of halogens is 3. The van der Waals surface area contributed by atoms with Crippen molar-refractivity contribution in [3.63, 3.8) is 0 Å². The van der Waals surface area contributed by atoms with Gasteiger partial charge in [-0.2, -0.15) is 13.2 Å². The van der Waals surface area contributed by atoms with E-state index in [0.717, 1.165) is 44.7 Å². The molecular formula is C25H33F3N4O7S. The van der Waals surface area contributed by atoms with Crippen LogP contribution in [0.2, 0.25) is 0 Å². The van der Waals surface area contributed by atoms with E-state index < -0.39 is 47.6 Å². The molecule has 0 spiro atoms. The lowest BCUT2D eigenvalue weighted by Crippen LogP contribution is -2.57. The van der Waals surface area contributed by atoms with Crippen LogP contribution < -0.4 is 11.2 Å². The Morgan fingerprint density at radius 3 is 2.42 bits per heavy atom. The van der Waals surface area contributed by atoms with Crippen molar-refractivity contribution in [1.29, 1.82) is 0 Å². The largest absolute Gasteiger partial charge is 0.501 e. The molecule has 1 aliphatic rings. The number of hydrogen-bond acceptors (Lipinski definition) is 7. The first-order valence-electron chi connectivity index (χ1n) is 12.6. The second kappa shape index (κ2) is 12.0. The van der Waals surface area contributed by atoms with Gasteiger partial charge in [-0.25, -0.2) is 19.6 Å². The minimum Gasteiger partial charge on any atom is -0.501 e. The number of carbonyl (C=O) groups is 2. The van der Waals surface area contributed by atoms with Crippen molar-refractivity contribution in [1.82, 2.24) is 19.2 Å². The summed E-state index contributed by atoms with van der Waals surface area (Å²) in [6, 6.07) is 0. The third kappa shape index (κ3) is 6.86. The van der Waals surface area contributed by atoms with Crippen LogP contribution >= 0.6 is 11.3 Å². The summed E-state index contributed by atoms with van der Waals surface area (Å²) >= 11 is 0.947. The first kappa shape index (κ1) is 31.2. The lowest BCUT2D eigenvalue weighted by atomic mass is 10.1. The van der Waals surface area contributed by atoms with Crippen LogP contribution in [0.3, 0.4) is 0 Å². The lowest BCUT2D eigenvalue weighted by molar-refractivity contribution is -0.149. The fraction of sp³-hybridized carbons (Fsp3) is 0.600. The molecule has 2 amide bonds. The SMILES string of the molecule is CCOC=CC(=O)N(Cc1sc2c(c1C)c(=O)n(CC(F)(F)F)c(=O)n2CC1CCCO1)N(C(=O)O)C(C)(C)C. The summed E-state index contributed by atoms with van der Waals surface area (Å²) in [7, 11) is 0. The van der Waals surface area contributed by atoms with E-state index in [1.807, 2.05) is 0 Å². The van der Waals surface area contributed by atoms with Crippen molar-refractivity contribution >= 4 is 33.6 Å². The van der Waals surface area contributed by atoms with Crippen LogP contribution in [0.4, 0.5) is 18.0 Å². The van der Waals surface area contributed by atoms with Gasteiger partial charge in [-0.1, -0.05) is 0 Å². The monoisotopic (exact) mass is 590 g/mol. The number of hydrazine groups is 1. The zero-order chi connectivity index (χ0) is 30.0. The maximum atomic E-state index is 13.4. The van der Waals surface area contributed by atoms with Gasteiger partial charge in [0.1, 0.15) is 11.4 Å². The van der Waals surface area contributed by atoms with Crippen LogP contribution in [0.25, 0.3) is 10.2 Å². The number of fused-ring (bicyclic) bond motifs is 1. The zero-order valence-corrected chi connectivity index (χ0v) is 23.7. The predicted octanol–water partition coefficient (Wildman–Crippen LogP) is 3.85. The quantitative estimate of drug-likeness (QED) is 0.282. The number of carboxylic acid groups (broad SMARTS) is 1. The Labute approximate surface area is 232 Å². The van der Waals surface area contributed by atoms with Gasteiger partial charge < -0.3 is 14.6 Å². The highest BCUT2D eigenvalue weighted by atomic mass is 32.1. The summed E-state index contributed by atoms with van der Waals surface area (Å²) in [5.41, 5.74) is -3.06. The van der Waals surface area contributed by atoms with Gasteiger partial charge >= 0.3 is 18.0 Å².